The Morgan fingerprint density at radius 1 is 0.833 bits per heavy atom. The molecular formula is C14H12F3NO4S2. The third kappa shape index (κ3) is 4.06. The van der Waals surface area contributed by atoms with Crippen LogP contribution in [0.25, 0.3) is 0 Å². The van der Waals surface area contributed by atoms with E-state index in [1.807, 2.05) is 4.72 Å². The lowest BCUT2D eigenvalue weighted by Crippen LogP contribution is -2.17. The maximum absolute atomic E-state index is 12.9. The molecule has 0 saturated heterocycles. The van der Waals surface area contributed by atoms with E-state index in [4.69, 9.17) is 0 Å². The fourth-order valence-corrected chi connectivity index (χ4v) is 3.60. The number of para-hydroxylation sites is 1. The summed E-state index contributed by atoms with van der Waals surface area (Å²) in [5.74, 6) is 0. The minimum absolute atomic E-state index is 0.0999. The predicted octanol–water partition coefficient (Wildman–Crippen LogP) is 2.91. The van der Waals surface area contributed by atoms with Gasteiger partial charge in [-0.1, -0.05) is 12.1 Å². The molecule has 0 saturated carbocycles. The number of hydrogen-bond donors (Lipinski definition) is 1. The highest BCUT2D eigenvalue weighted by atomic mass is 32.2. The number of alkyl halides is 3. The van der Waals surface area contributed by atoms with Gasteiger partial charge in [0.1, 0.15) is 0 Å². The fourth-order valence-electron chi connectivity index (χ4n) is 1.89. The third-order valence-electron chi connectivity index (χ3n) is 3.04. The van der Waals surface area contributed by atoms with E-state index >= 15 is 0 Å². The van der Waals surface area contributed by atoms with E-state index in [0.29, 0.717) is 0 Å². The molecule has 0 fully saturated rings. The highest BCUT2D eigenvalue weighted by Crippen LogP contribution is 2.35. The molecule has 0 spiro atoms. The average Bonchev–Trinajstić information content (AvgIpc) is 2.45. The maximum atomic E-state index is 12.9. The minimum Gasteiger partial charge on any atom is -0.279 e. The summed E-state index contributed by atoms with van der Waals surface area (Å²) in [5.41, 5.74) is -1.74. The van der Waals surface area contributed by atoms with Crippen molar-refractivity contribution < 1.29 is 30.0 Å². The SMILES string of the molecule is CS(=O)(=O)c1ccc(S(=O)(=O)Nc2ccccc2C(F)(F)F)cc1. The molecule has 0 aliphatic heterocycles. The molecule has 2 rings (SSSR count). The quantitative estimate of drug-likeness (QED) is 0.886. The predicted molar refractivity (Wildman–Crippen MR) is 81.8 cm³/mol. The van der Waals surface area contributed by atoms with E-state index in [1.54, 1.807) is 0 Å². The van der Waals surface area contributed by atoms with E-state index in [2.05, 4.69) is 0 Å². The van der Waals surface area contributed by atoms with Gasteiger partial charge in [-0.2, -0.15) is 13.2 Å². The topological polar surface area (TPSA) is 80.3 Å². The molecule has 0 atom stereocenters. The number of halogens is 3. The number of rotatable bonds is 4. The van der Waals surface area contributed by atoms with Crippen LogP contribution in [0.3, 0.4) is 0 Å². The van der Waals surface area contributed by atoms with Crippen molar-refractivity contribution in [3.05, 3.63) is 54.1 Å². The van der Waals surface area contributed by atoms with Gasteiger partial charge in [0.25, 0.3) is 10.0 Å². The lowest BCUT2D eigenvalue weighted by molar-refractivity contribution is -0.136. The summed E-state index contributed by atoms with van der Waals surface area (Å²) in [7, 11) is -7.82. The summed E-state index contributed by atoms with van der Waals surface area (Å²) in [4.78, 5) is -0.455. The van der Waals surface area contributed by atoms with Gasteiger partial charge >= 0.3 is 6.18 Å². The molecule has 0 amide bonds. The molecule has 0 aromatic heterocycles. The Morgan fingerprint density at radius 3 is 1.83 bits per heavy atom. The summed E-state index contributed by atoms with van der Waals surface area (Å²) in [6.07, 6.45) is -3.77. The number of nitrogens with one attached hydrogen (secondary N) is 1. The van der Waals surface area contributed by atoms with Gasteiger partial charge in [0.2, 0.25) is 0 Å². The fraction of sp³-hybridized carbons (Fsp3) is 0.143. The molecule has 0 aliphatic carbocycles. The Balaban J connectivity index is 2.40. The van der Waals surface area contributed by atoms with Crippen LogP contribution in [-0.4, -0.2) is 23.1 Å². The van der Waals surface area contributed by atoms with Gasteiger partial charge in [-0.25, -0.2) is 16.8 Å². The number of sulfone groups is 1. The second-order valence-corrected chi connectivity index (χ2v) is 8.59. The van der Waals surface area contributed by atoms with Gasteiger partial charge in [0.05, 0.1) is 21.0 Å². The molecule has 1 N–H and O–H groups in total. The van der Waals surface area contributed by atoms with Crippen molar-refractivity contribution in [1.29, 1.82) is 0 Å². The van der Waals surface area contributed by atoms with Crippen LogP contribution in [0.5, 0.6) is 0 Å². The zero-order chi connectivity index (χ0) is 18.2. The molecule has 5 nitrogen and oxygen atoms in total. The normalized spacial score (nSPS) is 12.8. The van der Waals surface area contributed by atoms with Gasteiger partial charge in [0, 0.05) is 6.26 Å². The first-order chi connectivity index (χ1) is 10.9. The van der Waals surface area contributed by atoms with E-state index in [9.17, 15) is 30.0 Å². The van der Waals surface area contributed by atoms with Crippen LogP contribution < -0.4 is 4.72 Å². The van der Waals surface area contributed by atoms with Crippen molar-refractivity contribution in [1.82, 2.24) is 0 Å². The zero-order valence-corrected chi connectivity index (χ0v) is 13.8. The minimum atomic E-state index is -4.72. The van der Waals surface area contributed by atoms with Crippen molar-refractivity contribution in [3.63, 3.8) is 0 Å². The average molecular weight is 379 g/mol. The van der Waals surface area contributed by atoms with Crippen LogP contribution in [0, 0.1) is 0 Å². The Kier molecular flexibility index (Phi) is 4.64. The maximum Gasteiger partial charge on any atom is 0.418 e. The number of sulfonamides is 1. The first kappa shape index (κ1) is 18.3. The van der Waals surface area contributed by atoms with Crippen LogP contribution in [-0.2, 0) is 26.0 Å². The molecule has 10 heteroatoms. The van der Waals surface area contributed by atoms with Gasteiger partial charge in [0.15, 0.2) is 9.84 Å². The Morgan fingerprint density at radius 2 is 1.33 bits per heavy atom. The molecule has 0 radical (unpaired) electrons. The van der Waals surface area contributed by atoms with Crippen molar-refractivity contribution in [3.8, 4) is 0 Å². The summed E-state index contributed by atoms with van der Waals surface area (Å²) in [6, 6.07) is 8.31. The molecule has 0 aliphatic rings. The smallest absolute Gasteiger partial charge is 0.279 e. The standard InChI is InChI=1S/C14H12F3NO4S2/c1-23(19,20)10-6-8-11(9-7-10)24(21,22)18-13-5-3-2-4-12(13)14(15,16)17/h2-9,18H,1H3. The Labute approximate surface area is 137 Å². The van der Waals surface area contributed by atoms with Crippen LogP contribution in [0.2, 0.25) is 0 Å². The van der Waals surface area contributed by atoms with Crippen molar-refractivity contribution in [2.24, 2.45) is 0 Å². The highest BCUT2D eigenvalue weighted by molar-refractivity contribution is 7.92. The molecule has 0 bridgehead atoms. The Bertz CT molecular complexity index is 950. The summed E-state index contributed by atoms with van der Waals surface area (Å²) in [5, 5.41) is 0. The number of anilines is 1. The van der Waals surface area contributed by atoms with Crippen molar-refractivity contribution in [2.45, 2.75) is 16.0 Å². The van der Waals surface area contributed by atoms with Gasteiger partial charge in [-0.15, -0.1) is 0 Å². The number of hydrogen-bond acceptors (Lipinski definition) is 4. The largest absolute Gasteiger partial charge is 0.418 e. The van der Waals surface area contributed by atoms with E-state index in [-0.39, 0.29) is 9.79 Å². The number of benzene rings is 2. The van der Waals surface area contributed by atoms with Crippen molar-refractivity contribution in [2.75, 3.05) is 11.0 Å². The zero-order valence-electron chi connectivity index (χ0n) is 12.2. The van der Waals surface area contributed by atoms with Crippen LogP contribution in [0.15, 0.2) is 58.3 Å². The molecule has 2 aromatic carbocycles. The molecule has 2 aromatic rings. The van der Waals surface area contributed by atoms with Gasteiger partial charge < -0.3 is 0 Å². The monoisotopic (exact) mass is 379 g/mol. The summed E-state index contributed by atoms with van der Waals surface area (Å²) < 4.78 is 87.7. The van der Waals surface area contributed by atoms with Crippen LogP contribution >= 0.6 is 0 Å². The summed E-state index contributed by atoms with van der Waals surface area (Å²) >= 11 is 0. The van der Waals surface area contributed by atoms with E-state index in [1.165, 1.54) is 6.07 Å². The third-order valence-corrected chi connectivity index (χ3v) is 5.55. The molecular weight excluding hydrogens is 367 g/mol. The van der Waals surface area contributed by atoms with Crippen LogP contribution in [0.4, 0.5) is 18.9 Å². The van der Waals surface area contributed by atoms with Crippen molar-refractivity contribution >= 4 is 25.5 Å². The molecule has 24 heavy (non-hydrogen) atoms. The second kappa shape index (κ2) is 6.10. The first-order valence-electron chi connectivity index (χ1n) is 6.40. The lowest BCUT2D eigenvalue weighted by atomic mass is 10.2. The van der Waals surface area contributed by atoms with Gasteiger partial charge in [-0.3, -0.25) is 4.72 Å². The molecule has 0 heterocycles. The highest BCUT2D eigenvalue weighted by Gasteiger charge is 2.34. The molecule has 130 valence electrons. The van der Waals surface area contributed by atoms with E-state index < -0.39 is 37.3 Å². The lowest BCUT2D eigenvalue weighted by Gasteiger charge is -2.14. The van der Waals surface area contributed by atoms with Crippen LogP contribution in [0.1, 0.15) is 5.56 Å². The summed E-state index contributed by atoms with van der Waals surface area (Å²) in [6.45, 7) is 0. The van der Waals surface area contributed by atoms with E-state index in [0.717, 1.165) is 48.7 Å². The van der Waals surface area contributed by atoms with Gasteiger partial charge in [-0.05, 0) is 36.4 Å². The Hall–Kier alpha value is -2.07. The molecule has 0 unspecified atom stereocenters. The second-order valence-electron chi connectivity index (χ2n) is 4.89. The first-order valence-corrected chi connectivity index (χ1v) is 9.78.